The van der Waals surface area contributed by atoms with Gasteiger partial charge in [-0.05, 0) is 24.5 Å². The highest BCUT2D eigenvalue weighted by Gasteiger charge is 2.30. The van der Waals surface area contributed by atoms with Gasteiger partial charge in [-0.1, -0.05) is 32.1 Å². The van der Waals surface area contributed by atoms with E-state index in [1.54, 1.807) is 0 Å². The van der Waals surface area contributed by atoms with Crippen molar-refractivity contribution >= 4 is 5.69 Å². The molecule has 0 fully saturated rings. The summed E-state index contributed by atoms with van der Waals surface area (Å²) in [6.45, 7) is 5.54. The van der Waals surface area contributed by atoms with E-state index in [-0.39, 0.29) is 5.41 Å². The molecule has 2 nitrogen and oxygen atoms in total. The summed E-state index contributed by atoms with van der Waals surface area (Å²) in [6.07, 6.45) is 12.2. The van der Waals surface area contributed by atoms with Gasteiger partial charge in [-0.15, -0.1) is 0 Å². The molecular weight excluding hydrogens is 220 g/mol. The van der Waals surface area contributed by atoms with Crippen LogP contribution in [0.4, 0.5) is 5.69 Å². The zero-order valence-corrected chi connectivity index (χ0v) is 11.2. The third kappa shape index (κ3) is 2.07. The van der Waals surface area contributed by atoms with Gasteiger partial charge in [-0.25, -0.2) is 0 Å². The zero-order chi connectivity index (χ0) is 12.6. The lowest BCUT2D eigenvalue weighted by atomic mass is 9.88. The molecule has 18 heavy (non-hydrogen) atoms. The summed E-state index contributed by atoms with van der Waals surface area (Å²) in [5.74, 6) is 0. The van der Waals surface area contributed by atoms with Crippen molar-refractivity contribution < 1.29 is 0 Å². The standard InChI is InChI=1S/C16H20N2/c1-16(2)11-18-15-9-13(17-10-14(15)16)8-12-6-4-3-5-7-12/h4,6-7,9-10,18H,3,5,8,11H2,1-2H3. The molecule has 0 saturated carbocycles. The number of hydrogen-bond donors (Lipinski definition) is 1. The Morgan fingerprint density at radius 3 is 3.00 bits per heavy atom. The van der Waals surface area contributed by atoms with Gasteiger partial charge < -0.3 is 5.32 Å². The predicted molar refractivity (Wildman–Crippen MR) is 75.9 cm³/mol. The summed E-state index contributed by atoms with van der Waals surface area (Å²) < 4.78 is 0. The van der Waals surface area contributed by atoms with Crippen molar-refractivity contribution in [2.75, 3.05) is 11.9 Å². The molecule has 0 radical (unpaired) electrons. The van der Waals surface area contributed by atoms with Crippen LogP contribution in [0.1, 0.15) is 37.9 Å². The number of nitrogens with one attached hydrogen (secondary N) is 1. The molecule has 0 unspecified atom stereocenters. The van der Waals surface area contributed by atoms with Crippen molar-refractivity contribution in [3.63, 3.8) is 0 Å². The molecule has 0 aromatic carbocycles. The monoisotopic (exact) mass is 240 g/mol. The number of rotatable bonds is 2. The van der Waals surface area contributed by atoms with Crippen LogP contribution in [0.2, 0.25) is 0 Å². The highest BCUT2D eigenvalue weighted by Crippen LogP contribution is 2.36. The molecule has 2 heteroatoms. The van der Waals surface area contributed by atoms with Crippen LogP contribution in [0.5, 0.6) is 0 Å². The fraction of sp³-hybridized carbons (Fsp3) is 0.438. The fourth-order valence-corrected chi connectivity index (χ4v) is 2.70. The van der Waals surface area contributed by atoms with E-state index in [9.17, 15) is 0 Å². The second kappa shape index (κ2) is 4.27. The van der Waals surface area contributed by atoms with E-state index >= 15 is 0 Å². The third-order valence-corrected chi connectivity index (χ3v) is 3.87. The van der Waals surface area contributed by atoms with Crippen LogP contribution in [0.25, 0.3) is 0 Å². The van der Waals surface area contributed by atoms with Crippen LogP contribution in [-0.4, -0.2) is 11.5 Å². The lowest BCUT2D eigenvalue weighted by Gasteiger charge is -2.16. The first-order valence-electron chi connectivity index (χ1n) is 6.74. The zero-order valence-electron chi connectivity index (χ0n) is 11.2. The molecule has 0 bridgehead atoms. The van der Waals surface area contributed by atoms with Crippen LogP contribution in [0.15, 0.2) is 36.1 Å². The molecule has 1 aliphatic carbocycles. The molecule has 3 rings (SSSR count). The summed E-state index contributed by atoms with van der Waals surface area (Å²) in [7, 11) is 0. The minimum Gasteiger partial charge on any atom is -0.384 e. The van der Waals surface area contributed by atoms with Gasteiger partial charge in [0.1, 0.15) is 0 Å². The maximum atomic E-state index is 4.63. The predicted octanol–water partition coefficient (Wildman–Crippen LogP) is 3.60. The molecule has 0 saturated heterocycles. The van der Waals surface area contributed by atoms with Gasteiger partial charge >= 0.3 is 0 Å². The average Bonchev–Trinajstić information content (AvgIpc) is 2.66. The van der Waals surface area contributed by atoms with Gasteiger partial charge in [0.2, 0.25) is 0 Å². The van der Waals surface area contributed by atoms with Crippen molar-refractivity contribution in [3.05, 3.63) is 47.3 Å². The van der Waals surface area contributed by atoms with Crippen LogP contribution in [-0.2, 0) is 11.8 Å². The van der Waals surface area contributed by atoms with E-state index in [0.29, 0.717) is 0 Å². The molecule has 2 aliphatic rings. The van der Waals surface area contributed by atoms with E-state index in [2.05, 4.69) is 54.6 Å². The van der Waals surface area contributed by atoms with Crippen molar-refractivity contribution in [2.24, 2.45) is 0 Å². The molecule has 1 aliphatic heterocycles. The lowest BCUT2D eigenvalue weighted by Crippen LogP contribution is -2.19. The quantitative estimate of drug-likeness (QED) is 0.854. The summed E-state index contributed by atoms with van der Waals surface area (Å²) >= 11 is 0. The van der Waals surface area contributed by atoms with Crippen molar-refractivity contribution in [1.29, 1.82) is 0 Å². The van der Waals surface area contributed by atoms with E-state index in [0.717, 1.165) is 18.7 Å². The smallest absolute Gasteiger partial charge is 0.0468 e. The van der Waals surface area contributed by atoms with Crippen LogP contribution < -0.4 is 5.32 Å². The van der Waals surface area contributed by atoms with Crippen LogP contribution in [0.3, 0.4) is 0 Å². The topological polar surface area (TPSA) is 24.9 Å². The Labute approximate surface area is 109 Å². The van der Waals surface area contributed by atoms with Gasteiger partial charge in [0, 0.05) is 41.5 Å². The first-order chi connectivity index (χ1) is 8.65. The molecule has 0 atom stereocenters. The molecule has 0 spiro atoms. The maximum Gasteiger partial charge on any atom is 0.0468 e. The highest BCUT2D eigenvalue weighted by molar-refractivity contribution is 5.59. The Bertz CT molecular complexity index is 524. The highest BCUT2D eigenvalue weighted by atomic mass is 14.9. The number of hydrogen-bond acceptors (Lipinski definition) is 2. The Hall–Kier alpha value is -1.57. The minimum atomic E-state index is 0.213. The second-order valence-electron chi connectivity index (χ2n) is 5.89. The van der Waals surface area contributed by atoms with Crippen LogP contribution >= 0.6 is 0 Å². The van der Waals surface area contributed by atoms with Gasteiger partial charge in [-0.2, -0.15) is 0 Å². The first kappa shape index (κ1) is 11.5. The Morgan fingerprint density at radius 2 is 2.22 bits per heavy atom. The van der Waals surface area contributed by atoms with E-state index in [1.165, 1.54) is 29.7 Å². The number of aromatic nitrogens is 1. The Balaban J connectivity index is 1.83. The number of allylic oxidation sites excluding steroid dienone is 4. The summed E-state index contributed by atoms with van der Waals surface area (Å²) in [6, 6.07) is 2.22. The molecule has 0 amide bonds. The Kier molecular flexibility index (Phi) is 2.73. The summed E-state index contributed by atoms with van der Waals surface area (Å²) in [5, 5.41) is 3.49. The normalized spacial score (nSPS) is 20.2. The first-order valence-corrected chi connectivity index (χ1v) is 6.74. The minimum absolute atomic E-state index is 0.213. The molecule has 1 aromatic heterocycles. The van der Waals surface area contributed by atoms with Gasteiger partial charge in [0.05, 0.1) is 0 Å². The lowest BCUT2D eigenvalue weighted by molar-refractivity contribution is 0.584. The summed E-state index contributed by atoms with van der Waals surface area (Å²) in [5.41, 5.74) is 5.39. The van der Waals surface area contributed by atoms with Crippen molar-refractivity contribution in [3.8, 4) is 0 Å². The van der Waals surface area contributed by atoms with E-state index in [4.69, 9.17) is 0 Å². The summed E-state index contributed by atoms with van der Waals surface area (Å²) in [4.78, 5) is 4.63. The van der Waals surface area contributed by atoms with Gasteiger partial charge in [0.25, 0.3) is 0 Å². The largest absolute Gasteiger partial charge is 0.384 e. The van der Waals surface area contributed by atoms with E-state index in [1.807, 2.05) is 0 Å². The van der Waals surface area contributed by atoms with E-state index < -0.39 is 0 Å². The van der Waals surface area contributed by atoms with Gasteiger partial charge in [-0.3, -0.25) is 4.98 Å². The molecule has 94 valence electrons. The third-order valence-electron chi connectivity index (χ3n) is 3.87. The van der Waals surface area contributed by atoms with Crippen LogP contribution in [0, 0.1) is 0 Å². The second-order valence-corrected chi connectivity index (χ2v) is 5.89. The SMILES string of the molecule is CC1(C)CNc2cc(CC3=CCCC=C3)ncc21. The molecular formula is C16H20N2. The molecule has 1 aromatic rings. The molecule has 1 N–H and O–H groups in total. The average molecular weight is 240 g/mol. The Morgan fingerprint density at radius 1 is 1.33 bits per heavy atom. The number of fused-ring (bicyclic) bond motifs is 1. The molecule has 2 heterocycles. The number of pyridine rings is 1. The number of anilines is 1. The maximum absolute atomic E-state index is 4.63. The fourth-order valence-electron chi connectivity index (χ4n) is 2.70. The number of nitrogens with zero attached hydrogens (tertiary/aromatic N) is 1. The van der Waals surface area contributed by atoms with Crippen molar-refractivity contribution in [1.82, 2.24) is 4.98 Å². The van der Waals surface area contributed by atoms with Gasteiger partial charge in [0.15, 0.2) is 0 Å². The van der Waals surface area contributed by atoms with Crippen molar-refractivity contribution in [2.45, 2.75) is 38.5 Å².